The number of nitrogens with zero attached hydrogens (tertiary/aromatic N) is 2. The van der Waals surface area contributed by atoms with Crippen molar-refractivity contribution in [3.63, 3.8) is 0 Å². The molecule has 1 aromatic carbocycles. The molecule has 128 valence electrons. The molecular weight excluding hydrogens is 321 g/mol. The topological polar surface area (TPSA) is 42.4 Å². The van der Waals surface area contributed by atoms with E-state index >= 15 is 0 Å². The van der Waals surface area contributed by atoms with Crippen molar-refractivity contribution in [2.75, 3.05) is 20.2 Å². The Morgan fingerprint density at radius 2 is 2.08 bits per heavy atom. The van der Waals surface area contributed by atoms with E-state index in [0.29, 0.717) is 24.2 Å². The number of alkyl halides is 3. The van der Waals surface area contributed by atoms with Gasteiger partial charge >= 0.3 is 6.18 Å². The van der Waals surface area contributed by atoms with Gasteiger partial charge in [0.05, 0.1) is 18.5 Å². The van der Waals surface area contributed by atoms with E-state index in [0.717, 1.165) is 5.39 Å². The number of pyridine rings is 1. The van der Waals surface area contributed by atoms with Crippen molar-refractivity contribution in [2.24, 2.45) is 5.92 Å². The maximum absolute atomic E-state index is 12.9. The number of rotatable bonds is 2. The van der Waals surface area contributed by atoms with Gasteiger partial charge in [0.25, 0.3) is 5.91 Å². The number of carbonyl (C=O) groups is 1. The number of hydrogen-bond acceptors (Lipinski definition) is 3. The van der Waals surface area contributed by atoms with Crippen molar-refractivity contribution in [3.8, 4) is 5.75 Å². The molecule has 2 aromatic rings. The zero-order valence-corrected chi connectivity index (χ0v) is 13.1. The molecule has 7 heteroatoms. The molecule has 2 heterocycles. The predicted octanol–water partition coefficient (Wildman–Crippen LogP) is 3.66. The molecule has 4 nitrogen and oxygen atoms in total. The fraction of sp³-hybridized carbons (Fsp3) is 0.412. The van der Waals surface area contributed by atoms with Crippen molar-refractivity contribution in [1.82, 2.24) is 9.88 Å². The summed E-state index contributed by atoms with van der Waals surface area (Å²) < 4.78 is 43.8. The van der Waals surface area contributed by atoms with Gasteiger partial charge in [-0.25, -0.2) is 4.98 Å². The molecule has 0 radical (unpaired) electrons. The maximum atomic E-state index is 12.9. The number of methoxy groups -OCH3 is 1. The third-order valence-electron chi connectivity index (χ3n) is 4.29. The van der Waals surface area contributed by atoms with Crippen LogP contribution in [0.5, 0.6) is 5.75 Å². The summed E-state index contributed by atoms with van der Waals surface area (Å²) in [7, 11) is 1.56. The van der Waals surface area contributed by atoms with Gasteiger partial charge in [0, 0.05) is 18.5 Å². The van der Waals surface area contributed by atoms with Gasteiger partial charge in [-0.2, -0.15) is 13.2 Å². The van der Waals surface area contributed by atoms with Crippen molar-refractivity contribution >= 4 is 16.8 Å². The minimum atomic E-state index is -4.27. The molecule has 0 aliphatic carbocycles. The average Bonchev–Trinajstić information content (AvgIpc) is 2.59. The summed E-state index contributed by atoms with van der Waals surface area (Å²) in [5.41, 5.74) is 0.765. The van der Waals surface area contributed by atoms with Gasteiger partial charge in [0.2, 0.25) is 0 Å². The summed E-state index contributed by atoms with van der Waals surface area (Å²) in [6.45, 7) is 0.0262. The second-order valence-corrected chi connectivity index (χ2v) is 5.89. The Bertz CT molecular complexity index is 761. The Balaban J connectivity index is 1.83. The Morgan fingerprint density at radius 3 is 2.79 bits per heavy atom. The van der Waals surface area contributed by atoms with Crippen LogP contribution in [0.1, 0.15) is 23.3 Å². The lowest BCUT2D eigenvalue weighted by molar-refractivity contribution is -0.184. The Morgan fingerprint density at radius 1 is 1.29 bits per heavy atom. The van der Waals surface area contributed by atoms with Crippen LogP contribution in [0, 0.1) is 5.92 Å². The summed E-state index contributed by atoms with van der Waals surface area (Å²) >= 11 is 0. The van der Waals surface area contributed by atoms with Gasteiger partial charge in [-0.1, -0.05) is 6.07 Å². The van der Waals surface area contributed by atoms with Crippen LogP contribution < -0.4 is 4.74 Å². The maximum Gasteiger partial charge on any atom is 0.393 e. The number of hydrogen-bond donors (Lipinski definition) is 0. The molecule has 1 aliphatic rings. The van der Waals surface area contributed by atoms with Crippen LogP contribution in [0.2, 0.25) is 0 Å². The average molecular weight is 338 g/mol. The molecule has 0 spiro atoms. The first-order valence-electron chi connectivity index (χ1n) is 7.69. The van der Waals surface area contributed by atoms with Crippen LogP contribution in [0.4, 0.5) is 13.2 Å². The number of likely N-dealkylation sites (tertiary alicyclic amines) is 1. The lowest BCUT2D eigenvalue weighted by atomic mass is 9.97. The van der Waals surface area contributed by atoms with E-state index in [-0.39, 0.29) is 18.7 Å². The Labute approximate surface area is 137 Å². The van der Waals surface area contributed by atoms with E-state index in [9.17, 15) is 18.0 Å². The molecule has 0 unspecified atom stereocenters. The number of carbonyl (C=O) groups excluding carboxylic acids is 1. The van der Waals surface area contributed by atoms with Gasteiger partial charge in [0.1, 0.15) is 11.4 Å². The Hall–Kier alpha value is -2.31. The van der Waals surface area contributed by atoms with E-state index in [1.165, 1.54) is 4.90 Å². The molecule has 0 saturated carbocycles. The fourth-order valence-electron chi connectivity index (χ4n) is 2.94. The molecule has 1 atom stereocenters. The zero-order chi connectivity index (χ0) is 17.3. The number of ether oxygens (including phenoxy) is 1. The molecule has 24 heavy (non-hydrogen) atoms. The van der Waals surface area contributed by atoms with E-state index in [4.69, 9.17) is 4.74 Å². The second kappa shape index (κ2) is 6.30. The quantitative estimate of drug-likeness (QED) is 0.839. The number of benzene rings is 1. The molecule has 1 saturated heterocycles. The summed E-state index contributed by atoms with van der Waals surface area (Å²) in [6.07, 6.45) is -3.86. The molecule has 1 aromatic heterocycles. The normalized spacial score (nSPS) is 18.7. The third-order valence-corrected chi connectivity index (χ3v) is 4.29. The van der Waals surface area contributed by atoms with Gasteiger partial charge < -0.3 is 9.64 Å². The smallest absolute Gasteiger partial charge is 0.393 e. The standard InChI is InChI=1S/C17H17F3N2O2/c1-24-13-5-7-14-11(9-13)4-6-15(21-14)16(23)22-8-2-3-12(10-22)17(18,19)20/h4-7,9,12H,2-3,8,10H2,1H3/t12-/m1/s1. The molecule has 0 bridgehead atoms. The number of aromatic nitrogens is 1. The van der Waals surface area contributed by atoms with Crippen LogP contribution in [0.3, 0.4) is 0 Å². The molecule has 1 fully saturated rings. The minimum absolute atomic E-state index is 0.0677. The second-order valence-electron chi connectivity index (χ2n) is 5.89. The first-order chi connectivity index (χ1) is 11.4. The van der Waals surface area contributed by atoms with Gasteiger partial charge in [-0.15, -0.1) is 0 Å². The number of halogens is 3. The monoisotopic (exact) mass is 338 g/mol. The third kappa shape index (κ3) is 3.29. The predicted molar refractivity (Wildman–Crippen MR) is 83.0 cm³/mol. The highest BCUT2D eigenvalue weighted by molar-refractivity contribution is 5.95. The summed E-state index contributed by atoms with van der Waals surface area (Å²) in [5, 5.41) is 0.803. The molecular formula is C17H17F3N2O2. The number of fused-ring (bicyclic) bond motifs is 1. The van der Waals surface area contributed by atoms with Crippen LogP contribution >= 0.6 is 0 Å². The highest BCUT2D eigenvalue weighted by atomic mass is 19.4. The lowest BCUT2D eigenvalue weighted by Gasteiger charge is -2.33. The van der Waals surface area contributed by atoms with E-state index in [1.54, 1.807) is 37.4 Å². The van der Waals surface area contributed by atoms with E-state index in [2.05, 4.69) is 4.98 Å². The van der Waals surface area contributed by atoms with Crippen molar-refractivity contribution < 1.29 is 22.7 Å². The van der Waals surface area contributed by atoms with Gasteiger partial charge in [-0.05, 0) is 37.1 Å². The number of piperidine rings is 1. The lowest BCUT2D eigenvalue weighted by Crippen LogP contribution is -2.44. The SMILES string of the molecule is COc1ccc2nc(C(=O)N3CCC[C@@H](C(F)(F)F)C3)ccc2c1. The van der Waals surface area contributed by atoms with Crippen molar-refractivity contribution in [2.45, 2.75) is 19.0 Å². The van der Waals surface area contributed by atoms with Crippen LogP contribution in [-0.2, 0) is 0 Å². The van der Waals surface area contributed by atoms with Crippen molar-refractivity contribution in [1.29, 1.82) is 0 Å². The van der Waals surface area contributed by atoms with Crippen molar-refractivity contribution in [3.05, 3.63) is 36.0 Å². The Kier molecular flexibility index (Phi) is 4.34. The highest BCUT2D eigenvalue weighted by Gasteiger charge is 2.42. The molecule has 1 amide bonds. The zero-order valence-electron chi connectivity index (χ0n) is 13.1. The summed E-state index contributed by atoms with van der Waals surface area (Å²) in [5.74, 6) is -1.24. The molecule has 3 rings (SSSR count). The van der Waals surface area contributed by atoms with Crippen LogP contribution in [-0.4, -0.2) is 42.2 Å². The minimum Gasteiger partial charge on any atom is -0.497 e. The highest BCUT2D eigenvalue weighted by Crippen LogP contribution is 2.33. The van der Waals surface area contributed by atoms with E-state index < -0.39 is 18.0 Å². The van der Waals surface area contributed by atoms with Gasteiger partial charge in [-0.3, -0.25) is 4.79 Å². The van der Waals surface area contributed by atoms with Crippen LogP contribution in [0.15, 0.2) is 30.3 Å². The van der Waals surface area contributed by atoms with E-state index in [1.807, 2.05) is 0 Å². The number of amides is 1. The largest absolute Gasteiger partial charge is 0.497 e. The van der Waals surface area contributed by atoms with Crippen LogP contribution in [0.25, 0.3) is 10.9 Å². The molecule has 1 aliphatic heterocycles. The first-order valence-corrected chi connectivity index (χ1v) is 7.69. The first kappa shape index (κ1) is 16.5. The molecule has 0 N–H and O–H groups in total. The summed E-state index contributed by atoms with van der Waals surface area (Å²) in [6, 6.07) is 8.51. The fourth-order valence-corrected chi connectivity index (χ4v) is 2.94. The van der Waals surface area contributed by atoms with Gasteiger partial charge in [0.15, 0.2) is 0 Å². The summed E-state index contributed by atoms with van der Waals surface area (Å²) in [4.78, 5) is 18.0.